The van der Waals surface area contributed by atoms with Crippen LogP contribution in [0.15, 0.2) is 52.9 Å². The van der Waals surface area contributed by atoms with E-state index in [1.54, 1.807) is 16.7 Å². The lowest BCUT2D eigenvalue weighted by Gasteiger charge is -2.06. The topological polar surface area (TPSA) is 173 Å². The van der Waals surface area contributed by atoms with Crippen molar-refractivity contribution in [2.24, 2.45) is 21.6 Å². The number of oxime groups is 1. The third-order valence-corrected chi connectivity index (χ3v) is 2.53. The van der Waals surface area contributed by atoms with Crippen LogP contribution in [0.4, 0.5) is 0 Å². The van der Waals surface area contributed by atoms with E-state index in [0.717, 1.165) is 5.69 Å². The van der Waals surface area contributed by atoms with Gasteiger partial charge in [-0.25, -0.2) is 0 Å². The lowest BCUT2D eigenvalue weighted by atomic mass is 10.1. The van der Waals surface area contributed by atoms with Crippen LogP contribution in [0.1, 0.15) is 15.9 Å². The van der Waals surface area contributed by atoms with Crippen molar-refractivity contribution in [3.8, 4) is 5.69 Å². The van der Waals surface area contributed by atoms with Gasteiger partial charge in [-0.2, -0.15) is 13.4 Å². The minimum absolute atomic E-state index is 0.291. The molecule has 0 aliphatic heterocycles. The van der Waals surface area contributed by atoms with E-state index in [1.165, 1.54) is 12.3 Å². The highest BCUT2D eigenvalue weighted by molar-refractivity contribution is 7.85. The highest BCUT2D eigenvalue weighted by Crippen LogP contribution is 2.15. The molecule has 0 aliphatic carbocycles. The lowest BCUT2D eigenvalue weighted by Crippen LogP contribution is -2.24. The molecule has 0 saturated heterocycles. The third-order valence-electron chi connectivity index (χ3n) is 2.53. The van der Waals surface area contributed by atoms with Gasteiger partial charge in [-0.1, -0.05) is 5.16 Å². The second-order valence-corrected chi connectivity index (χ2v) is 6.19. The number of carbonyl (C=O) groups excluding carboxylic acids is 1. The summed E-state index contributed by atoms with van der Waals surface area (Å²) in [5, 5.41) is 11.6. The summed E-state index contributed by atoms with van der Waals surface area (Å²) in [6.45, 7) is 0. The first-order chi connectivity index (χ1) is 11.6. The molecule has 1 aromatic carbocycles. The van der Waals surface area contributed by atoms with Gasteiger partial charge in [-0.05, 0) is 35.9 Å². The van der Waals surface area contributed by atoms with Crippen molar-refractivity contribution in [2.45, 2.75) is 0 Å². The van der Waals surface area contributed by atoms with Crippen LogP contribution in [-0.2, 0) is 10.1 Å². The lowest BCUT2D eigenvalue weighted by molar-refractivity contribution is 0.100. The van der Waals surface area contributed by atoms with Crippen LogP contribution in [0.2, 0.25) is 0 Å². The van der Waals surface area contributed by atoms with Crippen LogP contribution in [-0.4, -0.2) is 47.1 Å². The van der Waals surface area contributed by atoms with Gasteiger partial charge in [0.1, 0.15) is 0 Å². The first-order valence-corrected chi connectivity index (χ1v) is 8.47. The zero-order valence-electron chi connectivity index (χ0n) is 13.1. The van der Waals surface area contributed by atoms with E-state index in [9.17, 15) is 13.2 Å². The molecule has 1 heterocycles. The summed E-state index contributed by atoms with van der Waals surface area (Å²) >= 11 is 0. The van der Waals surface area contributed by atoms with Crippen LogP contribution >= 0.6 is 0 Å². The summed E-state index contributed by atoms with van der Waals surface area (Å²) in [5.41, 5.74) is 12.0. The Labute approximate surface area is 143 Å². The molecule has 1 aromatic heterocycles. The molecule has 25 heavy (non-hydrogen) atoms. The van der Waals surface area contributed by atoms with E-state index in [1.807, 2.05) is 24.5 Å². The third kappa shape index (κ3) is 7.76. The molecule has 10 nitrogen and oxygen atoms in total. The molecule has 0 spiro atoms. The number of hydrogen-bond donors (Lipinski definition) is 4. The average molecular weight is 367 g/mol. The standard InChI is InChI=1S/C13H13N5O2.CH4O3S/c14-13(15)17-12(19)10-5-9(8-16-20)6-11(7-10)18-3-1-2-4-18;1-5(2,3)4/h1-8,20H,(H4,14,15,17,19);1H3,(H,2,3,4). The van der Waals surface area contributed by atoms with Crippen molar-refractivity contribution in [3.05, 3.63) is 53.9 Å². The Morgan fingerprint density at radius 2 is 1.76 bits per heavy atom. The van der Waals surface area contributed by atoms with Gasteiger partial charge in [0, 0.05) is 23.6 Å². The highest BCUT2D eigenvalue weighted by atomic mass is 32.2. The molecule has 0 atom stereocenters. The number of nitrogens with two attached hydrogens (primary N) is 2. The van der Waals surface area contributed by atoms with Gasteiger partial charge in [0.15, 0.2) is 5.96 Å². The van der Waals surface area contributed by atoms with E-state index in [4.69, 9.17) is 21.2 Å². The van der Waals surface area contributed by atoms with E-state index in [-0.39, 0.29) is 5.96 Å². The predicted molar refractivity (Wildman–Crippen MR) is 92.8 cm³/mol. The van der Waals surface area contributed by atoms with Gasteiger partial charge in [-0.3, -0.25) is 9.35 Å². The van der Waals surface area contributed by atoms with E-state index in [0.29, 0.717) is 17.4 Å². The van der Waals surface area contributed by atoms with Crippen LogP contribution in [0, 0.1) is 0 Å². The fraction of sp³-hybridized carbons (Fsp3) is 0.0714. The Bertz CT molecular complexity index is 876. The van der Waals surface area contributed by atoms with Crippen molar-refractivity contribution in [1.29, 1.82) is 0 Å². The quantitative estimate of drug-likeness (QED) is 0.197. The van der Waals surface area contributed by atoms with E-state index >= 15 is 0 Å². The van der Waals surface area contributed by atoms with Gasteiger partial charge >= 0.3 is 0 Å². The molecule has 6 N–H and O–H groups in total. The van der Waals surface area contributed by atoms with Gasteiger partial charge in [-0.15, -0.1) is 0 Å². The zero-order valence-corrected chi connectivity index (χ0v) is 14.0. The Hall–Kier alpha value is -3.18. The fourth-order valence-electron chi connectivity index (χ4n) is 1.74. The van der Waals surface area contributed by atoms with Crippen LogP contribution in [0.5, 0.6) is 0 Å². The largest absolute Gasteiger partial charge is 0.411 e. The molecule has 0 aliphatic rings. The smallest absolute Gasteiger partial charge is 0.280 e. The average Bonchev–Trinajstić information content (AvgIpc) is 2.99. The molecule has 2 rings (SSSR count). The molecule has 0 saturated carbocycles. The number of amides is 1. The highest BCUT2D eigenvalue weighted by Gasteiger charge is 2.09. The van der Waals surface area contributed by atoms with Gasteiger partial charge < -0.3 is 21.2 Å². The molecule has 0 unspecified atom stereocenters. The maximum Gasteiger partial charge on any atom is 0.280 e. The van der Waals surface area contributed by atoms with Crippen molar-refractivity contribution in [1.82, 2.24) is 4.57 Å². The van der Waals surface area contributed by atoms with Crippen molar-refractivity contribution in [2.75, 3.05) is 6.26 Å². The van der Waals surface area contributed by atoms with E-state index in [2.05, 4.69) is 10.1 Å². The van der Waals surface area contributed by atoms with Gasteiger partial charge in [0.2, 0.25) is 0 Å². The number of nitrogens with zero attached hydrogens (tertiary/aromatic N) is 3. The molecular weight excluding hydrogens is 350 g/mol. The molecule has 1 amide bonds. The predicted octanol–water partition coefficient (Wildman–Crippen LogP) is 0.203. The summed E-state index contributed by atoms with van der Waals surface area (Å²) < 4.78 is 27.7. The zero-order chi connectivity index (χ0) is 19.0. The Morgan fingerprint density at radius 1 is 1.20 bits per heavy atom. The van der Waals surface area contributed by atoms with Crippen molar-refractivity contribution < 1.29 is 23.0 Å². The number of carbonyl (C=O) groups is 1. The normalized spacial score (nSPS) is 10.8. The Balaban J connectivity index is 0.000000550. The first kappa shape index (κ1) is 19.9. The number of guanidine groups is 1. The SMILES string of the molecule is CS(=O)(=O)O.NC(N)=NC(=O)c1cc(C=NO)cc(-n2cccc2)c1. The molecule has 0 bridgehead atoms. The van der Waals surface area contributed by atoms with Crippen LogP contribution < -0.4 is 11.5 Å². The number of aromatic nitrogens is 1. The monoisotopic (exact) mass is 367 g/mol. The molecule has 134 valence electrons. The summed E-state index contributed by atoms with van der Waals surface area (Å²) in [6.07, 6.45) is 5.58. The first-order valence-electron chi connectivity index (χ1n) is 6.62. The Morgan fingerprint density at radius 3 is 2.24 bits per heavy atom. The van der Waals surface area contributed by atoms with Crippen molar-refractivity contribution >= 4 is 28.2 Å². The molecule has 2 aromatic rings. The van der Waals surface area contributed by atoms with E-state index < -0.39 is 16.0 Å². The molecule has 11 heteroatoms. The second-order valence-electron chi connectivity index (χ2n) is 4.72. The summed E-state index contributed by atoms with van der Waals surface area (Å²) in [6, 6.07) is 8.63. The molecule has 0 radical (unpaired) electrons. The maximum absolute atomic E-state index is 11.9. The van der Waals surface area contributed by atoms with Crippen molar-refractivity contribution in [3.63, 3.8) is 0 Å². The summed E-state index contributed by atoms with van der Waals surface area (Å²) in [4.78, 5) is 15.4. The summed E-state index contributed by atoms with van der Waals surface area (Å²) in [5.74, 6) is -0.870. The van der Waals surface area contributed by atoms with Crippen LogP contribution in [0.25, 0.3) is 5.69 Å². The van der Waals surface area contributed by atoms with Crippen LogP contribution in [0.3, 0.4) is 0 Å². The minimum atomic E-state index is -3.67. The number of rotatable bonds is 3. The minimum Gasteiger partial charge on any atom is -0.411 e. The number of benzene rings is 1. The second kappa shape index (κ2) is 8.61. The van der Waals surface area contributed by atoms with Gasteiger partial charge in [0.25, 0.3) is 16.0 Å². The molecular formula is C14H17N5O5S. The molecule has 0 fully saturated rings. The number of hydrogen-bond acceptors (Lipinski definition) is 5. The van der Waals surface area contributed by atoms with Gasteiger partial charge in [0.05, 0.1) is 12.5 Å². The maximum atomic E-state index is 11.9. The Kier molecular flexibility index (Phi) is 6.84. The number of aliphatic imine (C=N–C) groups is 1. The summed E-state index contributed by atoms with van der Waals surface area (Å²) in [7, 11) is -3.67. The fourth-order valence-corrected chi connectivity index (χ4v) is 1.74.